The fourth-order valence-electron chi connectivity index (χ4n) is 2.32. The summed E-state index contributed by atoms with van der Waals surface area (Å²) in [6, 6.07) is 0.369. The van der Waals surface area contributed by atoms with Crippen LogP contribution in [0.15, 0.2) is 0 Å². The van der Waals surface area contributed by atoms with E-state index in [4.69, 9.17) is 5.73 Å². The molecule has 3 N–H and O–H groups in total. The van der Waals surface area contributed by atoms with Gasteiger partial charge in [-0.05, 0) is 32.1 Å². The highest BCUT2D eigenvalue weighted by Gasteiger charge is 2.31. The zero-order chi connectivity index (χ0) is 12.2. The van der Waals surface area contributed by atoms with E-state index in [1.807, 2.05) is 13.8 Å². The van der Waals surface area contributed by atoms with Crippen molar-refractivity contribution >= 4 is 5.91 Å². The van der Waals surface area contributed by atoms with Gasteiger partial charge in [0.15, 0.2) is 0 Å². The van der Waals surface area contributed by atoms with Crippen molar-refractivity contribution in [3.8, 4) is 0 Å². The normalized spacial score (nSPS) is 29.5. The molecule has 0 spiro atoms. The maximum absolute atomic E-state index is 12.1. The standard InChI is InChI=1S/C13H26N2O/c1-4-13(3,9-14)12(16)15-11-7-5-6-10(2)8-11/h10-11H,4-9,14H2,1-3H3,(H,15,16). The molecule has 0 aromatic heterocycles. The van der Waals surface area contributed by atoms with Crippen LogP contribution in [0, 0.1) is 11.3 Å². The summed E-state index contributed by atoms with van der Waals surface area (Å²) in [5.41, 5.74) is 5.30. The Balaban J connectivity index is 2.50. The zero-order valence-corrected chi connectivity index (χ0v) is 10.9. The average molecular weight is 226 g/mol. The fraction of sp³-hybridized carbons (Fsp3) is 0.923. The van der Waals surface area contributed by atoms with Crippen LogP contribution < -0.4 is 11.1 Å². The summed E-state index contributed by atoms with van der Waals surface area (Å²) in [4.78, 5) is 12.1. The van der Waals surface area contributed by atoms with Crippen LogP contribution in [0.1, 0.15) is 52.9 Å². The third-order valence-electron chi connectivity index (χ3n) is 4.05. The number of nitrogens with two attached hydrogens (primary N) is 1. The summed E-state index contributed by atoms with van der Waals surface area (Å²) >= 11 is 0. The predicted molar refractivity (Wildman–Crippen MR) is 67.0 cm³/mol. The maximum atomic E-state index is 12.1. The molecule has 0 bridgehead atoms. The second-order valence-electron chi connectivity index (χ2n) is 5.56. The van der Waals surface area contributed by atoms with Crippen LogP contribution in [0.4, 0.5) is 0 Å². The Labute approximate surface area is 99.2 Å². The van der Waals surface area contributed by atoms with Gasteiger partial charge in [0, 0.05) is 12.6 Å². The van der Waals surface area contributed by atoms with E-state index in [9.17, 15) is 4.79 Å². The number of carbonyl (C=O) groups excluding carboxylic acids is 1. The van der Waals surface area contributed by atoms with E-state index < -0.39 is 0 Å². The number of rotatable bonds is 4. The molecule has 94 valence electrons. The molecular formula is C13H26N2O. The van der Waals surface area contributed by atoms with Crippen LogP contribution in [0.25, 0.3) is 0 Å². The molecule has 16 heavy (non-hydrogen) atoms. The fourth-order valence-corrected chi connectivity index (χ4v) is 2.32. The van der Waals surface area contributed by atoms with Gasteiger partial charge in [0.05, 0.1) is 5.41 Å². The van der Waals surface area contributed by atoms with E-state index in [0.29, 0.717) is 12.6 Å². The predicted octanol–water partition coefficient (Wildman–Crippen LogP) is 2.06. The van der Waals surface area contributed by atoms with Gasteiger partial charge in [-0.15, -0.1) is 0 Å². The van der Waals surface area contributed by atoms with Crippen molar-refractivity contribution in [2.45, 2.75) is 58.9 Å². The largest absolute Gasteiger partial charge is 0.353 e. The number of hydrogen-bond donors (Lipinski definition) is 2. The highest BCUT2D eigenvalue weighted by Crippen LogP contribution is 2.25. The van der Waals surface area contributed by atoms with Crippen molar-refractivity contribution in [3.63, 3.8) is 0 Å². The van der Waals surface area contributed by atoms with Crippen molar-refractivity contribution in [1.29, 1.82) is 0 Å². The lowest BCUT2D eigenvalue weighted by Crippen LogP contribution is -2.48. The minimum atomic E-state index is -0.388. The summed E-state index contributed by atoms with van der Waals surface area (Å²) in [5, 5.41) is 3.17. The number of carbonyl (C=O) groups is 1. The summed E-state index contributed by atoms with van der Waals surface area (Å²) in [5.74, 6) is 0.876. The topological polar surface area (TPSA) is 55.1 Å². The molecule has 1 aliphatic rings. The molecule has 3 nitrogen and oxygen atoms in total. The van der Waals surface area contributed by atoms with E-state index in [1.54, 1.807) is 0 Å². The molecule has 0 aliphatic heterocycles. The summed E-state index contributed by atoms with van der Waals surface area (Å²) in [7, 11) is 0. The Morgan fingerprint density at radius 2 is 2.19 bits per heavy atom. The molecule has 1 fully saturated rings. The molecule has 1 saturated carbocycles. The molecule has 0 radical (unpaired) electrons. The molecule has 1 aliphatic carbocycles. The summed E-state index contributed by atoms with van der Waals surface area (Å²) in [6.07, 6.45) is 5.58. The van der Waals surface area contributed by atoms with Crippen molar-refractivity contribution in [3.05, 3.63) is 0 Å². The molecule has 0 aromatic rings. The van der Waals surface area contributed by atoms with Crippen LogP contribution >= 0.6 is 0 Å². The van der Waals surface area contributed by atoms with Crippen LogP contribution in [-0.4, -0.2) is 18.5 Å². The van der Waals surface area contributed by atoms with Gasteiger partial charge in [0.25, 0.3) is 0 Å². The number of nitrogens with one attached hydrogen (secondary N) is 1. The van der Waals surface area contributed by atoms with Gasteiger partial charge < -0.3 is 11.1 Å². The van der Waals surface area contributed by atoms with Gasteiger partial charge in [-0.1, -0.05) is 26.7 Å². The molecule has 1 amide bonds. The quantitative estimate of drug-likeness (QED) is 0.771. The Morgan fingerprint density at radius 3 is 2.69 bits per heavy atom. The highest BCUT2D eigenvalue weighted by molar-refractivity contribution is 5.82. The van der Waals surface area contributed by atoms with Crippen LogP contribution in [-0.2, 0) is 4.79 Å². The number of amides is 1. The third kappa shape index (κ3) is 3.21. The molecule has 3 unspecified atom stereocenters. The lowest BCUT2D eigenvalue weighted by Gasteiger charge is -2.32. The Kier molecular flexibility index (Phi) is 4.78. The van der Waals surface area contributed by atoms with Gasteiger partial charge in [0.1, 0.15) is 0 Å². The SMILES string of the molecule is CCC(C)(CN)C(=O)NC1CCCC(C)C1. The Bertz CT molecular complexity index is 236. The molecule has 0 heterocycles. The van der Waals surface area contributed by atoms with E-state index in [-0.39, 0.29) is 11.3 Å². The smallest absolute Gasteiger partial charge is 0.227 e. The van der Waals surface area contributed by atoms with Gasteiger partial charge in [0.2, 0.25) is 5.91 Å². The lowest BCUT2D eigenvalue weighted by molar-refractivity contribution is -0.130. The minimum Gasteiger partial charge on any atom is -0.353 e. The van der Waals surface area contributed by atoms with E-state index in [2.05, 4.69) is 12.2 Å². The number of hydrogen-bond acceptors (Lipinski definition) is 2. The summed E-state index contributed by atoms with van der Waals surface area (Å²) in [6.45, 7) is 6.67. The van der Waals surface area contributed by atoms with Crippen LogP contribution in [0.3, 0.4) is 0 Å². The minimum absolute atomic E-state index is 0.136. The first-order valence-electron chi connectivity index (χ1n) is 6.53. The molecule has 0 aromatic carbocycles. The first kappa shape index (κ1) is 13.5. The zero-order valence-electron chi connectivity index (χ0n) is 10.9. The molecular weight excluding hydrogens is 200 g/mol. The molecule has 0 saturated heterocycles. The van der Waals surface area contributed by atoms with Gasteiger partial charge in [-0.3, -0.25) is 4.79 Å². The summed E-state index contributed by atoms with van der Waals surface area (Å²) < 4.78 is 0. The lowest BCUT2D eigenvalue weighted by atomic mass is 9.83. The molecule has 3 heteroatoms. The van der Waals surface area contributed by atoms with Crippen LogP contribution in [0.2, 0.25) is 0 Å². The van der Waals surface area contributed by atoms with Gasteiger partial charge >= 0.3 is 0 Å². The Morgan fingerprint density at radius 1 is 1.50 bits per heavy atom. The maximum Gasteiger partial charge on any atom is 0.227 e. The molecule has 1 rings (SSSR count). The monoisotopic (exact) mass is 226 g/mol. The average Bonchev–Trinajstić information content (AvgIpc) is 2.28. The van der Waals surface area contributed by atoms with Crippen LogP contribution in [0.5, 0.6) is 0 Å². The Hall–Kier alpha value is -0.570. The second-order valence-corrected chi connectivity index (χ2v) is 5.56. The highest BCUT2D eigenvalue weighted by atomic mass is 16.2. The van der Waals surface area contributed by atoms with E-state index in [0.717, 1.165) is 25.2 Å². The first-order valence-corrected chi connectivity index (χ1v) is 6.53. The van der Waals surface area contributed by atoms with Gasteiger partial charge in [-0.2, -0.15) is 0 Å². The van der Waals surface area contributed by atoms with Crippen molar-refractivity contribution in [1.82, 2.24) is 5.32 Å². The third-order valence-corrected chi connectivity index (χ3v) is 4.05. The van der Waals surface area contributed by atoms with Gasteiger partial charge in [-0.25, -0.2) is 0 Å². The van der Waals surface area contributed by atoms with Crippen molar-refractivity contribution in [2.24, 2.45) is 17.1 Å². The first-order chi connectivity index (χ1) is 7.51. The van der Waals surface area contributed by atoms with Crippen molar-refractivity contribution in [2.75, 3.05) is 6.54 Å². The second kappa shape index (κ2) is 5.67. The van der Waals surface area contributed by atoms with E-state index in [1.165, 1.54) is 12.8 Å². The van der Waals surface area contributed by atoms with E-state index >= 15 is 0 Å². The molecule has 3 atom stereocenters. The van der Waals surface area contributed by atoms with Crippen molar-refractivity contribution < 1.29 is 4.79 Å².